The van der Waals surface area contributed by atoms with E-state index in [1.807, 2.05) is 60.7 Å². The third-order valence-electron chi connectivity index (χ3n) is 14.9. The maximum atomic E-state index is 15.2. The Kier molecular flexibility index (Phi) is 21.0. The van der Waals surface area contributed by atoms with Gasteiger partial charge in [-0.15, -0.1) is 6.58 Å². The number of carbonyl (C=O) groups is 2. The van der Waals surface area contributed by atoms with E-state index in [0.29, 0.717) is 36.6 Å². The lowest BCUT2D eigenvalue weighted by Gasteiger charge is -2.59. The third kappa shape index (κ3) is 13.7. The van der Waals surface area contributed by atoms with E-state index >= 15 is 4.79 Å². The number of amides is 2. The minimum absolute atomic E-state index is 0.0159. The molecule has 4 aromatic rings. The van der Waals surface area contributed by atoms with Gasteiger partial charge in [0.15, 0.2) is 0 Å². The molecule has 0 aromatic heterocycles. The molecule has 72 heavy (non-hydrogen) atoms. The highest BCUT2D eigenvalue weighted by molar-refractivity contribution is 6.03. The number of aliphatic hydroxyl groups is 2. The number of fused-ring (bicyclic) bond motifs is 3. The molecule has 4 aromatic carbocycles. The number of oxime groups is 1. The van der Waals surface area contributed by atoms with E-state index in [1.54, 1.807) is 24.2 Å². The van der Waals surface area contributed by atoms with Crippen molar-refractivity contribution >= 4 is 28.7 Å². The molecule has 1 aliphatic heterocycles. The van der Waals surface area contributed by atoms with Crippen molar-refractivity contribution in [2.24, 2.45) is 22.9 Å². The molecule has 1 fully saturated rings. The van der Waals surface area contributed by atoms with Crippen LogP contribution in [0.3, 0.4) is 0 Å². The highest BCUT2D eigenvalue weighted by Crippen LogP contribution is 2.62. The number of ether oxygens (including phenoxy) is 4. The summed E-state index contributed by atoms with van der Waals surface area (Å²) in [7, 11) is 1.54. The summed E-state index contributed by atoms with van der Waals surface area (Å²) in [5.41, 5.74) is 4.34. The van der Waals surface area contributed by atoms with Crippen molar-refractivity contribution in [3.05, 3.63) is 132 Å². The maximum Gasteiger partial charge on any atom is 0.412 e. The van der Waals surface area contributed by atoms with Gasteiger partial charge in [0.25, 0.3) is 0 Å². The Bertz CT molecular complexity index is 2400. The summed E-state index contributed by atoms with van der Waals surface area (Å²) in [4.78, 5) is 36.1. The van der Waals surface area contributed by atoms with Crippen molar-refractivity contribution in [1.29, 1.82) is 0 Å². The van der Waals surface area contributed by atoms with Gasteiger partial charge < -0.3 is 39.3 Å². The fourth-order valence-corrected chi connectivity index (χ4v) is 11.5. The summed E-state index contributed by atoms with van der Waals surface area (Å²) in [6, 6.07) is 28.8. The second-order valence-corrected chi connectivity index (χ2v) is 19.7. The van der Waals surface area contributed by atoms with Crippen LogP contribution in [0, 0.1) is 17.8 Å². The summed E-state index contributed by atoms with van der Waals surface area (Å²) in [5.74, 6) is -1.41. The average Bonchev–Trinajstić information content (AvgIpc) is 3.40. The summed E-state index contributed by atoms with van der Waals surface area (Å²) < 4.78 is 27.0. The van der Waals surface area contributed by atoms with E-state index < -0.39 is 29.9 Å². The first-order chi connectivity index (χ1) is 35.3. The topological polar surface area (TPSA) is 148 Å². The van der Waals surface area contributed by atoms with E-state index in [-0.39, 0.29) is 57.1 Å². The van der Waals surface area contributed by atoms with Crippen LogP contribution in [0.25, 0.3) is 10.8 Å². The Labute approximate surface area is 427 Å². The van der Waals surface area contributed by atoms with Gasteiger partial charge in [-0.1, -0.05) is 168 Å². The Morgan fingerprint density at radius 2 is 1.56 bits per heavy atom. The summed E-state index contributed by atoms with van der Waals surface area (Å²) in [6.07, 6.45) is 19.3. The van der Waals surface area contributed by atoms with E-state index in [2.05, 4.69) is 49.2 Å². The zero-order valence-corrected chi connectivity index (χ0v) is 42.8. The molecule has 7 rings (SSSR count). The summed E-state index contributed by atoms with van der Waals surface area (Å²) >= 11 is 0. The first-order valence-electron chi connectivity index (χ1n) is 26.9. The van der Waals surface area contributed by atoms with Gasteiger partial charge >= 0.3 is 12.2 Å². The minimum Gasteiger partial charge on any atom is -0.459 e. The molecule has 0 bridgehead atoms. The van der Waals surface area contributed by atoms with Crippen LogP contribution in [-0.2, 0) is 27.4 Å². The number of rotatable bonds is 29. The molecule has 12 heteroatoms. The Hall–Kier alpha value is -5.69. The largest absolute Gasteiger partial charge is 0.459 e. The van der Waals surface area contributed by atoms with Crippen LogP contribution in [0.2, 0.25) is 0 Å². The van der Waals surface area contributed by atoms with Gasteiger partial charge in [0.1, 0.15) is 24.7 Å². The Morgan fingerprint density at radius 1 is 0.847 bits per heavy atom. The van der Waals surface area contributed by atoms with Crippen LogP contribution >= 0.6 is 0 Å². The van der Waals surface area contributed by atoms with E-state index in [9.17, 15) is 15.0 Å². The molecule has 0 radical (unpaired) electrons. The number of nitrogens with zero attached hydrogens (tertiary/aromatic N) is 2. The summed E-state index contributed by atoms with van der Waals surface area (Å²) in [6.45, 7) is 7.39. The van der Waals surface area contributed by atoms with Gasteiger partial charge in [0.05, 0.1) is 31.4 Å². The second-order valence-electron chi connectivity index (χ2n) is 19.7. The van der Waals surface area contributed by atoms with Gasteiger partial charge in [0.2, 0.25) is 5.79 Å². The standard InChI is InChI=1S/C60H79N3O9/c1-4-6-7-8-9-10-11-12-13-23-38-69-59(67)63(43-47-30-24-29-45-27-17-18-31-49(45)47)55-41-53(62-68-3)51-39-46(28-19-21-35-64)50(32-20-22-36-65)56-52-40-48(71-58(66)61-42-44-25-15-14-16-26-44)33-34-54(52)72-60(55,57(51)56)70-37-5-2/h5,14-18,24-27,29-31,33-34,39-40,46,50,55-57,64-65H,2,4,6-13,19-23,28,32,35-38,41-43H2,1,3H3,(H,61,66)/t46-,50+,55-,56+,57+,60+/m0/s1. The molecular formula is C60H79N3O9. The molecule has 12 nitrogen and oxygen atoms in total. The Morgan fingerprint density at radius 3 is 2.29 bits per heavy atom. The van der Waals surface area contributed by atoms with Crippen molar-refractivity contribution in [1.82, 2.24) is 10.2 Å². The quantitative estimate of drug-likeness (QED) is 0.0275. The second kappa shape index (κ2) is 27.9. The third-order valence-corrected chi connectivity index (χ3v) is 14.9. The van der Waals surface area contributed by atoms with Crippen molar-refractivity contribution < 1.29 is 43.6 Å². The number of unbranched alkanes of at least 4 members (excludes halogenated alkanes) is 11. The Balaban J connectivity index is 1.31. The maximum absolute atomic E-state index is 15.2. The van der Waals surface area contributed by atoms with Crippen LogP contribution in [0.4, 0.5) is 9.59 Å². The SMILES string of the molecule is C=CCO[C@@]12Oc3ccc(OC(=O)NCc4ccccc4)cc3[C@H]3[C@H](CCCCO)[C@@H](CCCCO)C=C(C(=NOC)C[C@@H]1N(Cc1cccc4ccccc14)C(=O)OCCCCCCCCCCCC)[C@H]32. The molecule has 3 aliphatic rings. The molecule has 1 heterocycles. The molecule has 388 valence electrons. The normalized spacial score (nSPS) is 21.5. The first kappa shape index (κ1) is 54.1. The van der Waals surface area contributed by atoms with Crippen LogP contribution in [0.5, 0.6) is 11.5 Å². The molecule has 2 aliphatic carbocycles. The minimum atomic E-state index is -1.49. The van der Waals surface area contributed by atoms with Gasteiger partial charge in [-0.05, 0) is 89.6 Å². The van der Waals surface area contributed by atoms with Gasteiger partial charge in [-0.25, -0.2) is 9.59 Å². The summed E-state index contributed by atoms with van der Waals surface area (Å²) in [5, 5.41) is 29.8. The molecule has 0 saturated heterocycles. The smallest absolute Gasteiger partial charge is 0.412 e. The van der Waals surface area contributed by atoms with E-state index in [4.69, 9.17) is 28.9 Å². The van der Waals surface area contributed by atoms with E-state index in [0.717, 1.165) is 78.0 Å². The van der Waals surface area contributed by atoms with Crippen molar-refractivity contribution in [2.75, 3.05) is 33.5 Å². The van der Waals surface area contributed by atoms with Gasteiger partial charge in [-0.3, -0.25) is 4.90 Å². The molecule has 2 amide bonds. The number of aliphatic hydroxyl groups excluding tert-OH is 2. The zero-order valence-electron chi connectivity index (χ0n) is 42.8. The van der Waals surface area contributed by atoms with Gasteiger partial charge in [0, 0.05) is 37.7 Å². The van der Waals surface area contributed by atoms with Crippen LogP contribution in [0.1, 0.15) is 139 Å². The van der Waals surface area contributed by atoms with Crippen LogP contribution < -0.4 is 14.8 Å². The highest BCUT2D eigenvalue weighted by atomic mass is 16.7. The monoisotopic (exact) mass is 986 g/mol. The average molecular weight is 986 g/mol. The van der Waals surface area contributed by atoms with Crippen LogP contribution in [-0.4, -0.2) is 78.4 Å². The molecule has 0 spiro atoms. The fraction of sp³-hybridized carbons (Fsp3) is 0.517. The lowest BCUT2D eigenvalue weighted by molar-refractivity contribution is -0.256. The van der Waals surface area contributed by atoms with Crippen molar-refractivity contribution in [3.63, 3.8) is 0 Å². The molecule has 0 unspecified atom stereocenters. The molecular weight excluding hydrogens is 907 g/mol. The number of nitrogens with one attached hydrogen (secondary N) is 1. The zero-order chi connectivity index (χ0) is 50.5. The lowest BCUT2D eigenvalue weighted by atomic mass is 9.55. The molecule has 3 N–H and O–H groups in total. The lowest BCUT2D eigenvalue weighted by Crippen LogP contribution is -2.70. The predicted molar refractivity (Wildman–Crippen MR) is 284 cm³/mol. The number of hydrogen-bond acceptors (Lipinski definition) is 10. The van der Waals surface area contributed by atoms with Crippen molar-refractivity contribution in [2.45, 2.75) is 147 Å². The first-order valence-corrected chi connectivity index (χ1v) is 26.9. The number of carbonyl (C=O) groups excluding carboxylic acids is 2. The molecule has 1 saturated carbocycles. The number of benzene rings is 4. The predicted octanol–water partition coefficient (Wildman–Crippen LogP) is 13.0. The van der Waals surface area contributed by atoms with Gasteiger partial charge in [-0.2, -0.15) is 0 Å². The van der Waals surface area contributed by atoms with E-state index in [1.165, 1.54) is 44.9 Å². The van der Waals surface area contributed by atoms with Crippen molar-refractivity contribution in [3.8, 4) is 11.5 Å². The number of allylic oxidation sites excluding steroid dienone is 1. The fourth-order valence-electron chi connectivity index (χ4n) is 11.5. The highest BCUT2D eigenvalue weighted by Gasteiger charge is 2.65. The molecule has 6 atom stereocenters. The number of hydrogen-bond donors (Lipinski definition) is 3. The van der Waals surface area contributed by atoms with Crippen LogP contribution in [0.15, 0.2) is 120 Å².